The van der Waals surface area contributed by atoms with E-state index in [1.54, 1.807) is 0 Å². The lowest BCUT2D eigenvalue weighted by Crippen LogP contribution is -2.29. The molecule has 2 heterocycles. The molecule has 0 radical (unpaired) electrons. The van der Waals surface area contributed by atoms with E-state index in [1.807, 2.05) is 0 Å². The number of carbonyl (C=O) groups excluding carboxylic acids is 3. The van der Waals surface area contributed by atoms with E-state index in [0.29, 0.717) is 19.3 Å². The molecule has 2 saturated heterocycles. The van der Waals surface area contributed by atoms with E-state index in [2.05, 4.69) is 0 Å². The zero-order chi connectivity index (χ0) is 15.8. The van der Waals surface area contributed by atoms with E-state index in [1.165, 1.54) is 0 Å². The highest BCUT2D eigenvalue weighted by atomic mass is 16.5. The molecule has 2 aliphatic heterocycles. The Morgan fingerprint density at radius 1 is 0.682 bits per heavy atom. The summed E-state index contributed by atoms with van der Waals surface area (Å²) in [6.07, 6.45) is 10.1. The van der Waals surface area contributed by atoms with Crippen LogP contribution in [0.1, 0.15) is 77.0 Å². The molecule has 2 rings (SSSR count). The first-order chi connectivity index (χ1) is 10.7. The molecule has 2 bridgehead atoms. The van der Waals surface area contributed by atoms with Gasteiger partial charge in [-0.3, -0.25) is 14.4 Å². The van der Waals surface area contributed by atoms with E-state index in [9.17, 15) is 14.4 Å². The Morgan fingerprint density at radius 2 is 1.27 bits per heavy atom. The number of ether oxygens (including phenoxy) is 1. The van der Waals surface area contributed by atoms with Crippen molar-refractivity contribution in [2.24, 2.45) is 11.8 Å². The van der Waals surface area contributed by atoms with Crippen LogP contribution in [-0.2, 0) is 19.1 Å². The predicted molar refractivity (Wildman–Crippen MR) is 83.4 cm³/mol. The lowest BCUT2D eigenvalue weighted by atomic mass is 9.91. The summed E-state index contributed by atoms with van der Waals surface area (Å²) in [6.45, 7) is 0.168. The highest BCUT2D eigenvalue weighted by Gasteiger charge is 2.29. The van der Waals surface area contributed by atoms with Crippen molar-refractivity contribution in [3.05, 3.63) is 0 Å². The van der Waals surface area contributed by atoms with Crippen LogP contribution < -0.4 is 0 Å². The maximum Gasteiger partial charge on any atom is 0.316 e. The van der Waals surface area contributed by atoms with Gasteiger partial charge in [-0.15, -0.1) is 0 Å². The zero-order valence-corrected chi connectivity index (χ0v) is 13.5. The summed E-state index contributed by atoms with van der Waals surface area (Å²) in [6, 6.07) is 0. The number of hydrogen-bond acceptors (Lipinski definition) is 4. The SMILES string of the molecule is O=C1CCCCCCC(=O)[C@H]2CCCCCC[C@@H]1COC2=O. The van der Waals surface area contributed by atoms with Crippen molar-refractivity contribution in [2.45, 2.75) is 77.0 Å². The van der Waals surface area contributed by atoms with Crippen LogP contribution in [0.4, 0.5) is 0 Å². The molecule has 0 aromatic heterocycles. The van der Waals surface area contributed by atoms with E-state index < -0.39 is 11.9 Å². The van der Waals surface area contributed by atoms with Crippen molar-refractivity contribution in [2.75, 3.05) is 6.61 Å². The molecule has 0 spiro atoms. The number of fused-ring (bicyclic) bond motifs is 4. The normalized spacial score (nSPS) is 29.9. The van der Waals surface area contributed by atoms with Crippen LogP contribution in [-0.4, -0.2) is 24.1 Å². The van der Waals surface area contributed by atoms with Crippen LogP contribution in [0.5, 0.6) is 0 Å². The van der Waals surface area contributed by atoms with Crippen molar-refractivity contribution < 1.29 is 19.1 Å². The second kappa shape index (κ2) is 9.06. The maximum absolute atomic E-state index is 12.3. The minimum Gasteiger partial charge on any atom is -0.464 e. The first kappa shape index (κ1) is 17.2. The topological polar surface area (TPSA) is 60.4 Å². The van der Waals surface area contributed by atoms with Gasteiger partial charge in [-0.1, -0.05) is 38.5 Å². The molecule has 4 nitrogen and oxygen atoms in total. The molecule has 0 aliphatic carbocycles. The predicted octanol–water partition coefficient (Wildman–Crippen LogP) is 3.61. The Kier molecular flexibility index (Phi) is 7.07. The number of rotatable bonds is 0. The fraction of sp³-hybridized carbons (Fsp3) is 0.833. The highest BCUT2D eigenvalue weighted by Crippen LogP contribution is 2.23. The Balaban J connectivity index is 2.14. The van der Waals surface area contributed by atoms with Crippen molar-refractivity contribution in [1.29, 1.82) is 0 Å². The summed E-state index contributed by atoms with van der Waals surface area (Å²) in [5.41, 5.74) is 0. The summed E-state index contributed by atoms with van der Waals surface area (Å²) < 4.78 is 5.37. The fourth-order valence-corrected chi connectivity index (χ4v) is 3.45. The summed E-state index contributed by atoms with van der Waals surface area (Å²) in [5, 5.41) is 0. The molecular formula is C18H28O4. The number of Topliss-reactive ketones (excluding diaryl/α,β-unsaturated/α-hetero) is 2. The monoisotopic (exact) mass is 308 g/mol. The van der Waals surface area contributed by atoms with Crippen molar-refractivity contribution >= 4 is 17.5 Å². The smallest absolute Gasteiger partial charge is 0.316 e. The van der Waals surface area contributed by atoms with Crippen LogP contribution in [0.15, 0.2) is 0 Å². The van der Waals surface area contributed by atoms with Crippen LogP contribution in [0.3, 0.4) is 0 Å². The highest BCUT2D eigenvalue weighted by molar-refractivity contribution is 5.99. The Hall–Kier alpha value is -1.19. The molecule has 2 atom stereocenters. The first-order valence-corrected chi connectivity index (χ1v) is 8.90. The lowest BCUT2D eigenvalue weighted by Gasteiger charge is -2.17. The van der Waals surface area contributed by atoms with Gasteiger partial charge in [0.15, 0.2) is 0 Å². The van der Waals surface area contributed by atoms with Gasteiger partial charge in [-0.25, -0.2) is 0 Å². The molecule has 2 fully saturated rings. The second-order valence-electron chi connectivity index (χ2n) is 6.72. The van der Waals surface area contributed by atoms with Crippen LogP contribution in [0.25, 0.3) is 0 Å². The second-order valence-corrected chi connectivity index (χ2v) is 6.72. The summed E-state index contributed by atoms with van der Waals surface area (Å²) >= 11 is 0. The first-order valence-electron chi connectivity index (χ1n) is 8.90. The van der Waals surface area contributed by atoms with Crippen LogP contribution in [0.2, 0.25) is 0 Å². The van der Waals surface area contributed by atoms with Crippen LogP contribution >= 0.6 is 0 Å². The van der Waals surface area contributed by atoms with Gasteiger partial charge in [0.1, 0.15) is 24.1 Å². The third kappa shape index (κ3) is 5.22. The molecule has 2 aliphatic rings. The maximum atomic E-state index is 12.3. The molecule has 124 valence electrons. The number of ketones is 2. The quantitative estimate of drug-likeness (QED) is 0.506. The molecule has 0 amide bonds. The third-order valence-corrected chi connectivity index (χ3v) is 4.95. The molecule has 4 heteroatoms. The Labute approximate surface area is 133 Å². The average Bonchev–Trinajstić information content (AvgIpc) is 2.53. The molecule has 0 N–H and O–H groups in total. The van der Waals surface area contributed by atoms with E-state index in [4.69, 9.17) is 4.74 Å². The average molecular weight is 308 g/mol. The summed E-state index contributed by atoms with van der Waals surface area (Å²) in [7, 11) is 0. The molecule has 0 aromatic carbocycles. The number of hydrogen-bond donors (Lipinski definition) is 0. The Morgan fingerprint density at radius 3 is 2.00 bits per heavy atom. The van der Waals surface area contributed by atoms with Crippen molar-refractivity contribution in [1.82, 2.24) is 0 Å². The molecular weight excluding hydrogens is 280 g/mol. The van der Waals surface area contributed by atoms with Gasteiger partial charge in [-0.2, -0.15) is 0 Å². The minimum absolute atomic E-state index is 0.0337. The third-order valence-electron chi connectivity index (χ3n) is 4.95. The van der Waals surface area contributed by atoms with E-state index in [0.717, 1.165) is 57.8 Å². The Bertz CT molecular complexity index is 402. The zero-order valence-electron chi connectivity index (χ0n) is 13.5. The van der Waals surface area contributed by atoms with Crippen molar-refractivity contribution in [3.63, 3.8) is 0 Å². The standard InChI is InChI=1S/C18H28O4/c19-16-11-7-3-4-8-12-17(20)15-10-6-2-1-5-9-14(16)13-22-18(15)21/h14-15H,1-13H2/t14-,15-/m1/s1. The van der Waals surface area contributed by atoms with Gasteiger partial charge in [0.05, 0.1) is 5.92 Å². The summed E-state index contributed by atoms with van der Waals surface area (Å²) in [4.78, 5) is 36.9. The van der Waals surface area contributed by atoms with Crippen LogP contribution in [0, 0.1) is 11.8 Å². The molecule has 0 unspecified atom stereocenters. The molecule has 0 saturated carbocycles. The molecule has 0 aromatic rings. The van der Waals surface area contributed by atoms with Gasteiger partial charge < -0.3 is 4.74 Å². The van der Waals surface area contributed by atoms with Gasteiger partial charge in [0.2, 0.25) is 0 Å². The number of esters is 1. The van der Waals surface area contributed by atoms with Crippen molar-refractivity contribution in [3.8, 4) is 0 Å². The lowest BCUT2D eigenvalue weighted by molar-refractivity contribution is -0.154. The largest absolute Gasteiger partial charge is 0.464 e. The fourth-order valence-electron chi connectivity index (χ4n) is 3.45. The van der Waals surface area contributed by atoms with E-state index in [-0.39, 0.29) is 24.1 Å². The van der Waals surface area contributed by atoms with Gasteiger partial charge in [0.25, 0.3) is 0 Å². The molecule has 22 heavy (non-hydrogen) atoms. The summed E-state index contributed by atoms with van der Waals surface area (Å²) in [5.74, 6) is -0.905. The minimum atomic E-state index is -0.602. The van der Waals surface area contributed by atoms with Gasteiger partial charge in [-0.05, 0) is 25.7 Å². The van der Waals surface area contributed by atoms with Gasteiger partial charge in [0, 0.05) is 12.8 Å². The van der Waals surface area contributed by atoms with E-state index >= 15 is 0 Å². The van der Waals surface area contributed by atoms with Gasteiger partial charge >= 0.3 is 5.97 Å². The number of carbonyl (C=O) groups is 3.